The summed E-state index contributed by atoms with van der Waals surface area (Å²) in [4.78, 5) is 12.0. The minimum Gasteiger partial charge on any atom is -0.484 e. The van der Waals surface area contributed by atoms with Gasteiger partial charge in [-0.3, -0.25) is 9.10 Å². The minimum absolute atomic E-state index is 0.0799. The van der Waals surface area contributed by atoms with Gasteiger partial charge in [0.1, 0.15) is 5.75 Å². The molecule has 0 radical (unpaired) electrons. The van der Waals surface area contributed by atoms with Crippen LogP contribution < -0.4 is 14.4 Å². The Labute approximate surface area is 161 Å². The Balaban J connectivity index is 2.08. The van der Waals surface area contributed by atoms with E-state index in [0.717, 1.165) is 6.42 Å². The fourth-order valence-electron chi connectivity index (χ4n) is 2.49. The third-order valence-electron chi connectivity index (χ3n) is 4.13. The molecule has 0 aliphatic heterocycles. The number of amides is 1. The smallest absolute Gasteiger partial charge is 0.264 e. The van der Waals surface area contributed by atoms with Crippen LogP contribution in [0, 0.1) is 0 Å². The lowest BCUT2D eigenvalue weighted by Gasteiger charge is -2.23. The molecule has 2 aromatic rings. The Kier molecular flexibility index (Phi) is 7.24. The molecule has 0 fully saturated rings. The van der Waals surface area contributed by atoms with Crippen molar-refractivity contribution in [2.75, 3.05) is 17.5 Å². The maximum absolute atomic E-state index is 12.8. The van der Waals surface area contributed by atoms with E-state index in [1.807, 2.05) is 13.8 Å². The van der Waals surface area contributed by atoms with Gasteiger partial charge in [0.05, 0.1) is 10.6 Å². The first-order valence-corrected chi connectivity index (χ1v) is 10.4. The zero-order valence-corrected chi connectivity index (χ0v) is 16.7. The molecule has 7 heteroatoms. The zero-order valence-electron chi connectivity index (χ0n) is 15.9. The lowest BCUT2D eigenvalue weighted by atomic mass is 10.2. The van der Waals surface area contributed by atoms with Crippen molar-refractivity contribution >= 4 is 21.6 Å². The first-order valence-electron chi connectivity index (χ1n) is 8.98. The van der Waals surface area contributed by atoms with Crippen LogP contribution in [0.15, 0.2) is 59.5 Å². The van der Waals surface area contributed by atoms with Crippen LogP contribution in [0.4, 0.5) is 5.69 Å². The summed E-state index contributed by atoms with van der Waals surface area (Å²) in [5.74, 6) is 0.321. The summed E-state index contributed by atoms with van der Waals surface area (Å²) in [5, 5.41) is 2.83. The first-order chi connectivity index (χ1) is 12.9. The number of benzene rings is 2. The van der Waals surface area contributed by atoms with Crippen molar-refractivity contribution in [3.63, 3.8) is 0 Å². The van der Waals surface area contributed by atoms with Gasteiger partial charge in [0.15, 0.2) is 6.61 Å². The van der Waals surface area contributed by atoms with Crippen LogP contribution in [0.3, 0.4) is 0 Å². The van der Waals surface area contributed by atoms with Crippen LogP contribution in [-0.2, 0) is 14.8 Å². The van der Waals surface area contributed by atoms with Gasteiger partial charge in [-0.05, 0) is 56.7 Å². The topological polar surface area (TPSA) is 75.7 Å². The molecule has 2 aromatic carbocycles. The highest BCUT2D eigenvalue weighted by Crippen LogP contribution is 2.25. The maximum Gasteiger partial charge on any atom is 0.264 e. The van der Waals surface area contributed by atoms with E-state index in [2.05, 4.69) is 5.32 Å². The molecule has 0 aliphatic rings. The number of carbonyl (C=O) groups excluding carboxylic acids is 1. The monoisotopic (exact) mass is 390 g/mol. The van der Waals surface area contributed by atoms with E-state index < -0.39 is 10.0 Å². The van der Waals surface area contributed by atoms with E-state index in [4.69, 9.17) is 4.74 Å². The second-order valence-electron chi connectivity index (χ2n) is 6.14. The molecule has 0 saturated carbocycles. The lowest BCUT2D eigenvalue weighted by Crippen LogP contribution is -2.35. The Morgan fingerprint density at radius 3 is 2.26 bits per heavy atom. The normalized spacial score (nSPS) is 12.3. The number of ether oxygens (including phenoxy) is 1. The van der Waals surface area contributed by atoms with Crippen molar-refractivity contribution in [3.8, 4) is 5.75 Å². The molecule has 2 rings (SSSR count). The molecule has 0 unspecified atom stereocenters. The fourth-order valence-corrected chi connectivity index (χ4v) is 3.98. The molecule has 1 atom stereocenters. The van der Waals surface area contributed by atoms with Crippen molar-refractivity contribution in [1.82, 2.24) is 5.32 Å². The third kappa shape index (κ3) is 5.47. The summed E-state index contributed by atoms with van der Waals surface area (Å²) in [6.07, 6.45) is 0.850. The van der Waals surface area contributed by atoms with Gasteiger partial charge in [0.2, 0.25) is 0 Å². The molecule has 1 N–H and O–H groups in total. The van der Waals surface area contributed by atoms with Crippen molar-refractivity contribution in [3.05, 3.63) is 54.6 Å². The number of nitrogens with one attached hydrogen (secondary N) is 1. The molecule has 6 nitrogen and oxygen atoms in total. The summed E-state index contributed by atoms with van der Waals surface area (Å²) in [6.45, 7) is 5.93. The quantitative estimate of drug-likeness (QED) is 0.713. The van der Waals surface area contributed by atoms with Crippen LogP contribution in [0.2, 0.25) is 0 Å². The molecule has 0 aliphatic carbocycles. The Bertz CT molecular complexity index is 836. The Morgan fingerprint density at radius 1 is 1.07 bits per heavy atom. The van der Waals surface area contributed by atoms with Crippen molar-refractivity contribution in [2.24, 2.45) is 0 Å². The predicted molar refractivity (Wildman–Crippen MR) is 106 cm³/mol. The number of hydrogen-bond acceptors (Lipinski definition) is 4. The second kappa shape index (κ2) is 9.41. The highest BCUT2D eigenvalue weighted by atomic mass is 32.2. The van der Waals surface area contributed by atoms with Gasteiger partial charge in [0, 0.05) is 12.6 Å². The molecule has 146 valence electrons. The van der Waals surface area contributed by atoms with E-state index in [-0.39, 0.29) is 23.5 Å². The van der Waals surface area contributed by atoms with Crippen LogP contribution >= 0.6 is 0 Å². The molecule has 0 aromatic heterocycles. The highest BCUT2D eigenvalue weighted by molar-refractivity contribution is 7.92. The Morgan fingerprint density at radius 2 is 1.70 bits per heavy atom. The van der Waals surface area contributed by atoms with Crippen LogP contribution in [0.1, 0.15) is 27.2 Å². The molecule has 0 heterocycles. The van der Waals surface area contributed by atoms with E-state index in [0.29, 0.717) is 18.0 Å². The van der Waals surface area contributed by atoms with Gasteiger partial charge in [0.25, 0.3) is 15.9 Å². The van der Waals surface area contributed by atoms with E-state index in [1.165, 1.54) is 4.31 Å². The molecule has 27 heavy (non-hydrogen) atoms. The number of anilines is 1. The molecule has 0 saturated heterocycles. The van der Waals surface area contributed by atoms with Crippen molar-refractivity contribution in [1.29, 1.82) is 0 Å². The number of sulfonamides is 1. The second-order valence-corrected chi connectivity index (χ2v) is 8.00. The number of carbonyl (C=O) groups is 1. The summed E-state index contributed by atoms with van der Waals surface area (Å²) >= 11 is 0. The van der Waals surface area contributed by atoms with Crippen molar-refractivity contribution in [2.45, 2.75) is 38.1 Å². The minimum atomic E-state index is -3.63. The number of rotatable bonds is 9. The predicted octanol–water partition coefficient (Wildman–Crippen LogP) is 3.20. The highest BCUT2D eigenvalue weighted by Gasteiger charge is 2.23. The SMILES string of the molecule is CC[C@H](C)NC(=O)COc1ccc(N(CC)S(=O)(=O)c2ccccc2)cc1. The van der Waals surface area contributed by atoms with Crippen molar-refractivity contribution < 1.29 is 17.9 Å². The average Bonchev–Trinajstić information content (AvgIpc) is 2.68. The fraction of sp³-hybridized carbons (Fsp3) is 0.350. The molecular weight excluding hydrogens is 364 g/mol. The maximum atomic E-state index is 12.8. The third-order valence-corrected chi connectivity index (χ3v) is 6.05. The van der Waals surface area contributed by atoms with Gasteiger partial charge < -0.3 is 10.1 Å². The first kappa shape index (κ1) is 20.8. The van der Waals surface area contributed by atoms with Gasteiger partial charge in [-0.2, -0.15) is 0 Å². The number of nitrogens with zero attached hydrogens (tertiary/aromatic N) is 1. The van der Waals surface area contributed by atoms with Crippen LogP contribution in [0.25, 0.3) is 0 Å². The molecule has 0 spiro atoms. The van der Waals surface area contributed by atoms with Gasteiger partial charge >= 0.3 is 0 Å². The lowest BCUT2D eigenvalue weighted by molar-refractivity contribution is -0.123. The standard InChI is InChI=1S/C20H26N2O4S/c1-4-16(3)21-20(23)15-26-18-13-11-17(12-14-18)22(5-2)27(24,25)19-9-7-6-8-10-19/h6-14,16H,4-5,15H2,1-3H3,(H,21,23)/t16-/m0/s1. The summed E-state index contributed by atoms with van der Waals surface area (Å²) < 4.78 is 32.5. The van der Waals surface area contributed by atoms with Gasteiger partial charge in [-0.1, -0.05) is 25.1 Å². The average molecular weight is 391 g/mol. The Hall–Kier alpha value is -2.54. The molecule has 0 bridgehead atoms. The summed E-state index contributed by atoms with van der Waals surface area (Å²) in [6, 6.07) is 15.1. The number of hydrogen-bond donors (Lipinski definition) is 1. The summed E-state index contributed by atoms with van der Waals surface area (Å²) in [5.41, 5.74) is 0.540. The summed E-state index contributed by atoms with van der Waals surface area (Å²) in [7, 11) is -3.63. The molecule has 1 amide bonds. The van der Waals surface area contributed by atoms with Crippen LogP contribution in [0.5, 0.6) is 5.75 Å². The van der Waals surface area contributed by atoms with E-state index in [1.54, 1.807) is 61.5 Å². The molecular formula is C20H26N2O4S. The van der Waals surface area contributed by atoms with E-state index >= 15 is 0 Å². The van der Waals surface area contributed by atoms with Gasteiger partial charge in [-0.25, -0.2) is 8.42 Å². The van der Waals surface area contributed by atoms with Gasteiger partial charge in [-0.15, -0.1) is 0 Å². The van der Waals surface area contributed by atoms with E-state index in [9.17, 15) is 13.2 Å². The zero-order chi connectivity index (χ0) is 19.9. The largest absolute Gasteiger partial charge is 0.484 e. The van der Waals surface area contributed by atoms with Crippen LogP contribution in [-0.4, -0.2) is 33.5 Å².